The van der Waals surface area contributed by atoms with Crippen LogP contribution in [0.1, 0.15) is 22.3 Å². The number of anilines is 2. The lowest BCUT2D eigenvalue weighted by molar-refractivity contribution is -0.159. The molecule has 5 aromatic carbocycles. The highest BCUT2D eigenvalue weighted by Crippen LogP contribution is 2.73. The molecule has 41 heavy (non-hydrogen) atoms. The van der Waals surface area contributed by atoms with Crippen LogP contribution in [0.25, 0.3) is 11.4 Å². The first-order valence-corrected chi connectivity index (χ1v) is 16.6. The fourth-order valence-electron chi connectivity index (χ4n) is 4.98. The van der Waals surface area contributed by atoms with Gasteiger partial charge in [-0.1, -0.05) is 96.1 Å². The first-order valence-electron chi connectivity index (χ1n) is 13.5. The summed E-state index contributed by atoms with van der Waals surface area (Å²) in [5.74, 6) is 0.725. The van der Waals surface area contributed by atoms with Gasteiger partial charge in [0.25, 0.3) is 0 Å². The molecule has 0 saturated heterocycles. The number of methoxy groups -OCH3 is 1. The standard InChI is InChI=1S/C35H31N2O2PS/c1-26-14-18-30(19-15-26)36-34(28-10-6-4-7-11-28)35(29-12-8-5-9-13-29)37(31-20-16-27(2)17-21-31)41-40(36,38)33-24-22-32(39-3)23-25-33/h4-25H,1-3H3. The molecule has 0 aromatic heterocycles. The largest absolute Gasteiger partial charge is 0.646 e. The lowest BCUT2D eigenvalue weighted by Gasteiger charge is -2.48. The Bertz CT molecular complexity index is 1660. The van der Waals surface area contributed by atoms with Crippen LogP contribution < -0.4 is 23.9 Å². The van der Waals surface area contributed by atoms with E-state index in [1.54, 1.807) is 7.11 Å². The predicted molar refractivity (Wildman–Crippen MR) is 174 cm³/mol. The van der Waals surface area contributed by atoms with Crippen molar-refractivity contribution in [3.8, 4) is 5.75 Å². The Morgan fingerprint density at radius 1 is 0.585 bits per heavy atom. The van der Waals surface area contributed by atoms with Crippen LogP contribution in [0.15, 0.2) is 133 Å². The molecule has 1 atom stereocenters. The van der Waals surface area contributed by atoms with Crippen LogP contribution in [0.5, 0.6) is 5.75 Å². The molecular formula is C35H31N2O2PS. The average molecular weight is 575 g/mol. The van der Waals surface area contributed by atoms with Crippen molar-refractivity contribution in [3.63, 3.8) is 0 Å². The molecule has 0 radical (unpaired) electrons. The van der Waals surface area contributed by atoms with Crippen molar-refractivity contribution >= 4 is 46.5 Å². The van der Waals surface area contributed by atoms with E-state index in [9.17, 15) is 0 Å². The number of benzene rings is 5. The van der Waals surface area contributed by atoms with Crippen molar-refractivity contribution < 1.29 is 9.63 Å². The van der Waals surface area contributed by atoms with Crippen molar-refractivity contribution in [1.82, 2.24) is 0 Å². The van der Waals surface area contributed by atoms with Crippen molar-refractivity contribution in [2.45, 2.75) is 13.8 Å². The summed E-state index contributed by atoms with van der Waals surface area (Å²) in [7, 11) is 1.65. The highest BCUT2D eigenvalue weighted by atomic mass is 32.7. The molecule has 1 aliphatic rings. The Balaban J connectivity index is 1.72. The topological polar surface area (TPSA) is 38.8 Å². The van der Waals surface area contributed by atoms with Gasteiger partial charge in [-0.15, -0.1) is 0 Å². The van der Waals surface area contributed by atoms with Gasteiger partial charge in [-0.25, -0.2) is 8.98 Å². The first kappa shape index (κ1) is 27.2. The molecule has 6 rings (SSSR count). The van der Waals surface area contributed by atoms with Gasteiger partial charge in [0.2, 0.25) is 0 Å². The second-order valence-electron chi connectivity index (χ2n) is 10.0. The van der Waals surface area contributed by atoms with Crippen LogP contribution >= 0.6 is 18.4 Å². The summed E-state index contributed by atoms with van der Waals surface area (Å²) in [6, 6.07) is 45.0. The van der Waals surface area contributed by atoms with Crippen molar-refractivity contribution in [2.75, 3.05) is 16.1 Å². The summed E-state index contributed by atoms with van der Waals surface area (Å²) in [4.78, 5) is 15.8. The van der Waals surface area contributed by atoms with E-state index in [0.29, 0.717) is 0 Å². The predicted octanol–water partition coefficient (Wildman–Crippen LogP) is 8.26. The third kappa shape index (κ3) is 5.25. The molecule has 6 heteroatoms. The minimum Gasteiger partial charge on any atom is -0.646 e. The van der Waals surface area contributed by atoms with Crippen LogP contribution in [0.4, 0.5) is 11.4 Å². The van der Waals surface area contributed by atoms with Gasteiger partial charge >= 0.3 is 0 Å². The highest BCUT2D eigenvalue weighted by Gasteiger charge is 2.50. The second-order valence-corrected chi connectivity index (χ2v) is 14.5. The van der Waals surface area contributed by atoms with E-state index >= 15 is 4.89 Å². The van der Waals surface area contributed by atoms with Gasteiger partial charge in [-0.3, -0.25) is 0 Å². The van der Waals surface area contributed by atoms with E-state index in [2.05, 4.69) is 108 Å². The number of rotatable bonds is 6. The fourth-order valence-corrected chi connectivity index (χ4v) is 10.1. The number of ether oxygens (including phenoxy) is 1. The lowest BCUT2D eigenvalue weighted by Crippen LogP contribution is -2.41. The molecule has 0 spiro atoms. The van der Waals surface area contributed by atoms with Gasteiger partial charge in [-0.05, 0) is 62.4 Å². The molecule has 0 bridgehead atoms. The van der Waals surface area contributed by atoms with E-state index in [1.807, 2.05) is 48.5 Å². The molecule has 1 heterocycles. The Morgan fingerprint density at radius 2 is 1.07 bits per heavy atom. The molecule has 0 aliphatic carbocycles. The van der Waals surface area contributed by atoms with Gasteiger partial charge < -0.3 is 9.63 Å². The van der Waals surface area contributed by atoms with Crippen molar-refractivity contribution in [3.05, 3.63) is 156 Å². The van der Waals surface area contributed by atoms with Gasteiger partial charge in [0, 0.05) is 11.1 Å². The van der Waals surface area contributed by atoms with E-state index in [0.717, 1.165) is 50.5 Å². The third-order valence-corrected chi connectivity index (χ3v) is 12.1. The maximum absolute atomic E-state index is 15.8. The Labute approximate surface area is 246 Å². The molecule has 4 nitrogen and oxygen atoms in total. The number of hydrogen-bond donors (Lipinski definition) is 0. The zero-order chi connectivity index (χ0) is 28.4. The Hall–Kier alpha value is -4.02. The highest BCUT2D eigenvalue weighted by molar-refractivity contribution is 8.63. The smallest absolute Gasteiger partial charge is 0.183 e. The summed E-state index contributed by atoms with van der Waals surface area (Å²) in [5.41, 5.74) is 8.04. The lowest BCUT2D eigenvalue weighted by atomic mass is 10.0. The number of hydrogen-bond acceptors (Lipinski definition) is 5. The number of aryl methyl sites for hydroxylation is 2. The number of nitrogens with zero attached hydrogens (tertiary/aromatic N) is 2. The monoisotopic (exact) mass is 574 g/mol. The molecule has 1 aliphatic heterocycles. The molecule has 5 aromatic rings. The molecule has 204 valence electrons. The zero-order valence-corrected chi connectivity index (χ0v) is 25.0. The summed E-state index contributed by atoms with van der Waals surface area (Å²) >= 11 is 1.38. The van der Waals surface area contributed by atoms with E-state index in [1.165, 1.54) is 17.1 Å². The minimum absolute atomic E-state index is 0.725. The van der Waals surface area contributed by atoms with Crippen LogP contribution in [0.3, 0.4) is 0 Å². The van der Waals surface area contributed by atoms with Gasteiger partial charge in [0.15, 0.2) is 18.4 Å². The van der Waals surface area contributed by atoms with Crippen LogP contribution in [-0.2, 0) is 0 Å². The van der Waals surface area contributed by atoms with E-state index < -0.39 is 6.84 Å². The summed E-state index contributed by atoms with van der Waals surface area (Å²) in [6.07, 6.45) is 0. The average Bonchev–Trinajstić information content (AvgIpc) is 3.02. The normalized spacial score (nSPS) is 17.1. The minimum atomic E-state index is -3.39. The molecule has 0 saturated carbocycles. The fraction of sp³-hybridized carbons (Fsp3) is 0.0857. The summed E-state index contributed by atoms with van der Waals surface area (Å²) in [5, 5.41) is 0.738. The molecule has 0 N–H and O–H groups in total. The van der Waals surface area contributed by atoms with Gasteiger partial charge in [0.05, 0.1) is 24.2 Å². The quantitative estimate of drug-likeness (QED) is 0.151. The summed E-state index contributed by atoms with van der Waals surface area (Å²) < 4.78 is 9.68. The van der Waals surface area contributed by atoms with Gasteiger partial charge in [-0.2, -0.15) is 0 Å². The van der Waals surface area contributed by atoms with Crippen LogP contribution in [0, 0.1) is 13.8 Å². The van der Waals surface area contributed by atoms with Gasteiger partial charge in [0.1, 0.15) is 16.8 Å². The second kappa shape index (κ2) is 11.5. The maximum Gasteiger partial charge on any atom is 0.183 e. The van der Waals surface area contributed by atoms with E-state index in [-0.39, 0.29) is 0 Å². The van der Waals surface area contributed by atoms with Crippen molar-refractivity contribution in [1.29, 1.82) is 0 Å². The van der Waals surface area contributed by atoms with E-state index in [4.69, 9.17) is 4.74 Å². The third-order valence-electron chi connectivity index (χ3n) is 7.14. The SMILES string of the molecule is COc1ccc([P+]2([O-])SN(c3ccc(C)cc3)C(c3ccccc3)=C(c3ccccc3)N2c2ccc(C)cc2)cc1. The molecule has 0 amide bonds. The first-order chi connectivity index (χ1) is 20.0. The molecule has 1 unspecified atom stereocenters. The van der Waals surface area contributed by atoms with Crippen LogP contribution in [-0.4, -0.2) is 7.11 Å². The Morgan fingerprint density at radius 3 is 1.59 bits per heavy atom. The summed E-state index contributed by atoms with van der Waals surface area (Å²) in [6.45, 7) is 0.757. The molecular weight excluding hydrogens is 543 g/mol. The van der Waals surface area contributed by atoms with Crippen molar-refractivity contribution in [2.24, 2.45) is 0 Å². The zero-order valence-electron chi connectivity index (χ0n) is 23.3. The Kier molecular flexibility index (Phi) is 7.59. The van der Waals surface area contributed by atoms with Crippen LogP contribution in [0.2, 0.25) is 0 Å². The maximum atomic E-state index is 15.8. The molecule has 0 fully saturated rings.